The van der Waals surface area contributed by atoms with Crippen molar-refractivity contribution >= 4 is 50.9 Å². The third kappa shape index (κ3) is 6.05. The molecule has 4 rings (SSSR count). The zero-order valence-electron chi connectivity index (χ0n) is 22.0. The smallest absolute Gasteiger partial charge is 0.338 e. The Labute approximate surface area is 243 Å². The number of esters is 1. The Morgan fingerprint density at radius 2 is 2.05 bits per heavy atom. The zero-order chi connectivity index (χ0) is 28.3. The maximum absolute atomic E-state index is 14.0. The molecule has 204 valence electrons. The van der Waals surface area contributed by atoms with Gasteiger partial charge in [-0.25, -0.2) is 9.79 Å². The van der Waals surface area contributed by atoms with E-state index in [2.05, 4.69) is 27.5 Å². The molecule has 1 aliphatic rings. The molecule has 7 nitrogen and oxygen atoms in total. The molecule has 0 saturated heterocycles. The van der Waals surface area contributed by atoms with Crippen molar-refractivity contribution in [2.75, 3.05) is 13.2 Å². The lowest BCUT2D eigenvalue weighted by atomic mass is 9.95. The number of thiazole rings is 1. The van der Waals surface area contributed by atoms with Crippen LogP contribution in [0.2, 0.25) is 5.02 Å². The molecule has 3 aromatic rings. The Balaban J connectivity index is 1.99. The SMILES string of the molecule is C=CCOc1c(Br)cc(Cl)cc1/C=c1\sc2n(c1=O)[C@H](c1ccccc1OC(C)C)C(C(=O)OCC)=C(C)N=2. The number of fused-ring (bicyclic) bond motifs is 1. The number of carbonyl (C=O) groups excluding carboxylic acids is 1. The lowest BCUT2D eigenvalue weighted by Crippen LogP contribution is -2.40. The summed E-state index contributed by atoms with van der Waals surface area (Å²) in [7, 11) is 0. The highest BCUT2D eigenvalue weighted by Gasteiger charge is 2.35. The van der Waals surface area contributed by atoms with Gasteiger partial charge >= 0.3 is 5.97 Å². The van der Waals surface area contributed by atoms with Gasteiger partial charge in [0.25, 0.3) is 5.56 Å². The number of benzene rings is 2. The fraction of sp³-hybridized carbons (Fsp3) is 0.276. The first kappa shape index (κ1) is 28.9. The summed E-state index contributed by atoms with van der Waals surface area (Å²) in [6.07, 6.45) is 3.23. The number of carbonyl (C=O) groups is 1. The van der Waals surface area contributed by atoms with Crippen molar-refractivity contribution in [1.82, 2.24) is 4.57 Å². The summed E-state index contributed by atoms with van der Waals surface area (Å²) in [5.74, 6) is 0.569. The number of allylic oxidation sites excluding steroid dienone is 1. The van der Waals surface area contributed by atoms with Gasteiger partial charge in [0.15, 0.2) is 4.80 Å². The highest BCUT2D eigenvalue weighted by molar-refractivity contribution is 9.10. The second-order valence-electron chi connectivity index (χ2n) is 8.91. The lowest BCUT2D eigenvalue weighted by molar-refractivity contribution is -0.139. The molecule has 1 aromatic heterocycles. The molecule has 1 aliphatic heterocycles. The van der Waals surface area contributed by atoms with Crippen molar-refractivity contribution in [1.29, 1.82) is 0 Å². The quantitative estimate of drug-likeness (QED) is 0.228. The Kier molecular flexibility index (Phi) is 9.15. The molecule has 0 saturated carbocycles. The van der Waals surface area contributed by atoms with E-state index in [0.29, 0.717) is 47.2 Å². The van der Waals surface area contributed by atoms with Crippen molar-refractivity contribution in [3.05, 3.63) is 101 Å². The van der Waals surface area contributed by atoms with Gasteiger partial charge in [-0.05, 0) is 67.9 Å². The number of aromatic nitrogens is 1. The van der Waals surface area contributed by atoms with Crippen LogP contribution in [0.25, 0.3) is 6.08 Å². The van der Waals surface area contributed by atoms with E-state index in [-0.39, 0.29) is 30.5 Å². The molecule has 0 N–H and O–H groups in total. The first-order valence-corrected chi connectivity index (χ1v) is 14.3. The van der Waals surface area contributed by atoms with Gasteiger partial charge in [0.1, 0.15) is 24.1 Å². The fourth-order valence-corrected chi connectivity index (χ4v) is 6.26. The molecule has 2 aromatic carbocycles. The summed E-state index contributed by atoms with van der Waals surface area (Å²) in [6.45, 7) is 11.5. The van der Waals surface area contributed by atoms with Crippen LogP contribution in [0.5, 0.6) is 11.5 Å². The predicted octanol–water partition coefficient (Wildman–Crippen LogP) is 5.57. The number of para-hydroxylation sites is 1. The molecule has 39 heavy (non-hydrogen) atoms. The highest BCUT2D eigenvalue weighted by Crippen LogP contribution is 2.37. The number of ether oxygens (including phenoxy) is 3. The van der Waals surface area contributed by atoms with Crippen LogP contribution >= 0.6 is 38.9 Å². The fourth-order valence-electron chi connectivity index (χ4n) is 4.28. The maximum Gasteiger partial charge on any atom is 0.338 e. The summed E-state index contributed by atoms with van der Waals surface area (Å²) < 4.78 is 19.9. The van der Waals surface area contributed by atoms with E-state index >= 15 is 0 Å². The Hall–Kier alpha value is -3.14. The minimum atomic E-state index is -0.792. The minimum Gasteiger partial charge on any atom is -0.491 e. The van der Waals surface area contributed by atoms with Gasteiger partial charge in [-0.3, -0.25) is 9.36 Å². The summed E-state index contributed by atoms with van der Waals surface area (Å²) in [5, 5.41) is 0.477. The monoisotopic (exact) mass is 630 g/mol. The summed E-state index contributed by atoms with van der Waals surface area (Å²) >= 11 is 11.0. The largest absolute Gasteiger partial charge is 0.491 e. The van der Waals surface area contributed by atoms with Gasteiger partial charge in [-0.2, -0.15) is 0 Å². The van der Waals surface area contributed by atoms with Gasteiger partial charge in [0.2, 0.25) is 0 Å². The second kappa shape index (κ2) is 12.4. The minimum absolute atomic E-state index is 0.117. The van der Waals surface area contributed by atoms with Crippen LogP contribution in [0.3, 0.4) is 0 Å². The molecule has 0 aliphatic carbocycles. The lowest BCUT2D eigenvalue weighted by Gasteiger charge is -2.26. The van der Waals surface area contributed by atoms with Crippen molar-refractivity contribution < 1.29 is 19.0 Å². The molecule has 0 radical (unpaired) electrons. The topological polar surface area (TPSA) is 79.1 Å². The molecule has 1 atom stereocenters. The van der Waals surface area contributed by atoms with Crippen LogP contribution in [0.4, 0.5) is 0 Å². The number of rotatable bonds is 9. The standard InChI is InChI=1S/C29H28BrClN2O5S/c1-6-12-37-26-18(13-19(31)15-21(26)30)14-23-27(34)33-25(20-10-8-9-11-22(20)38-16(3)4)24(28(35)36-7-2)17(5)32-29(33)39-23/h6,8-11,13-16,25H,1,7,12H2,2-5H3/b23-14-/t25-/m1/s1. The third-order valence-electron chi connectivity index (χ3n) is 5.76. The molecule has 2 heterocycles. The summed E-state index contributed by atoms with van der Waals surface area (Å²) in [6, 6.07) is 10.0. The highest BCUT2D eigenvalue weighted by atomic mass is 79.9. The predicted molar refractivity (Wildman–Crippen MR) is 157 cm³/mol. The van der Waals surface area contributed by atoms with E-state index < -0.39 is 12.0 Å². The van der Waals surface area contributed by atoms with Crippen molar-refractivity contribution in [3.63, 3.8) is 0 Å². The number of hydrogen-bond acceptors (Lipinski definition) is 7. The normalized spacial score (nSPS) is 15.2. The van der Waals surface area contributed by atoms with E-state index in [4.69, 9.17) is 25.8 Å². The van der Waals surface area contributed by atoms with E-state index in [1.807, 2.05) is 38.1 Å². The number of halogens is 2. The van der Waals surface area contributed by atoms with E-state index in [1.54, 1.807) is 38.1 Å². The molecular weight excluding hydrogens is 604 g/mol. The number of hydrogen-bond donors (Lipinski definition) is 0. The molecule has 0 fully saturated rings. The average molecular weight is 632 g/mol. The molecule has 0 spiro atoms. The average Bonchev–Trinajstić information content (AvgIpc) is 3.17. The second-order valence-corrected chi connectivity index (χ2v) is 11.2. The molecular formula is C29H28BrClN2O5S. The van der Waals surface area contributed by atoms with Crippen molar-refractivity contribution in [2.45, 2.75) is 39.8 Å². The van der Waals surface area contributed by atoms with Crippen LogP contribution in [-0.2, 0) is 9.53 Å². The maximum atomic E-state index is 14.0. The first-order chi connectivity index (χ1) is 18.7. The van der Waals surface area contributed by atoms with Crippen LogP contribution in [0, 0.1) is 0 Å². The summed E-state index contributed by atoms with van der Waals surface area (Å²) in [4.78, 5) is 32.3. The van der Waals surface area contributed by atoms with Crippen LogP contribution in [0.15, 0.2) is 74.6 Å². The Bertz CT molecular complexity index is 1640. The van der Waals surface area contributed by atoms with Gasteiger partial charge in [-0.15, -0.1) is 0 Å². The van der Waals surface area contributed by atoms with Gasteiger partial charge in [-0.1, -0.05) is 53.8 Å². The molecule has 0 unspecified atom stereocenters. The van der Waals surface area contributed by atoms with Crippen LogP contribution in [0.1, 0.15) is 44.9 Å². The van der Waals surface area contributed by atoms with Gasteiger partial charge in [0, 0.05) is 16.1 Å². The molecule has 0 bridgehead atoms. The van der Waals surface area contributed by atoms with Crippen LogP contribution < -0.4 is 24.4 Å². The molecule has 0 amide bonds. The Morgan fingerprint density at radius 3 is 2.74 bits per heavy atom. The third-order valence-corrected chi connectivity index (χ3v) is 7.55. The number of nitrogens with zero attached hydrogens (tertiary/aromatic N) is 2. The van der Waals surface area contributed by atoms with Crippen molar-refractivity contribution in [2.24, 2.45) is 4.99 Å². The van der Waals surface area contributed by atoms with Gasteiger partial charge in [0.05, 0.1) is 33.0 Å². The summed E-state index contributed by atoms with van der Waals surface area (Å²) in [5.41, 5.74) is 1.73. The van der Waals surface area contributed by atoms with E-state index in [1.165, 1.54) is 15.9 Å². The van der Waals surface area contributed by atoms with Gasteiger partial charge < -0.3 is 14.2 Å². The van der Waals surface area contributed by atoms with E-state index in [9.17, 15) is 9.59 Å². The Morgan fingerprint density at radius 1 is 1.31 bits per heavy atom. The first-order valence-electron chi connectivity index (χ1n) is 12.3. The van der Waals surface area contributed by atoms with E-state index in [0.717, 1.165) is 0 Å². The van der Waals surface area contributed by atoms with Crippen LogP contribution in [-0.4, -0.2) is 29.9 Å². The zero-order valence-corrected chi connectivity index (χ0v) is 25.2. The molecule has 10 heteroatoms. The van der Waals surface area contributed by atoms with Crippen molar-refractivity contribution in [3.8, 4) is 11.5 Å².